The van der Waals surface area contributed by atoms with Gasteiger partial charge < -0.3 is 10.2 Å². The van der Waals surface area contributed by atoms with Gasteiger partial charge in [-0.05, 0) is 51.2 Å². The Balaban J connectivity index is 1.93. The van der Waals surface area contributed by atoms with Gasteiger partial charge in [0, 0.05) is 32.4 Å². The van der Waals surface area contributed by atoms with Gasteiger partial charge in [0.15, 0.2) is 0 Å². The van der Waals surface area contributed by atoms with Crippen molar-refractivity contribution in [3.05, 3.63) is 23.9 Å². The van der Waals surface area contributed by atoms with E-state index in [4.69, 9.17) is 0 Å². The van der Waals surface area contributed by atoms with Crippen LogP contribution < -0.4 is 5.32 Å². The molecule has 1 N–H and O–H groups in total. The Labute approximate surface area is 110 Å². The van der Waals surface area contributed by atoms with Crippen LogP contribution in [0.1, 0.15) is 18.9 Å². The maximum absolute atomic E-state index is 4.31. The molecule has 0 spiro atoms. The Morgan fingerprint density at radius 2 is 2.17 bits per heavy atom. The molecule has 2 heterocycles. The molecule has 0 aliphatic carbocycles. The van der Waals surface area contributed by atoms with E-state index in [1.165, 1.54) is 31.6 Å². The minimum Gasteiger partial charge on any atom is -0.370 e. The molecule has 1 aliphatic rings. The SMILES string of the molecule is CCNc1cc(CN2CCCN(C)CC2)ccn1. The number of pyridine rings is 1. The molecule has 1 saturated heterocycles. The van der Waals surface area contributed by atoms with Crippen LogP contribution in [0.15, 0.2) is 18.3 Å². The van der Waals surface area contributed by atoms with Gasteiger partial charge in [0.1, 0.15) is 5.82 Å². The summed E-state index contributed by atoms with van der Waals surface area (Å²) in [5.74, 6) is 0.988. The molecule has 1 aromatic rings. The molecule has 0 radical (unpaired) electrons. The van der Waals surface area contributed by atoms with Crippen molar-refractivity contribution in [3.63, 3.8) is 0 Å². The lowest BCUT2D eigenvalue weighted by Gasteiger charge is -2.20. The molecule has 1 fully saturated rings. The van der Waals surface area contributed by atoms with Crippen molar-refractivity contribution < 1.29 is 0 Å². The van der Waals surface area contributed by atoms with Crippen LogP contribution in [0.3, 0.4) is 0 Å². The molecule has 0 unspecified atom stereocenters. The molecule has 4 nitrogen and oxygen atoms in total. The summed E-state index contributed by atoms with van der Waals surface area (Å²) in [6.07, 6.45) is 3.17. The molecule has 1 aromatic heterocycles. The summed E-state index contributed by atoms with van der Waals surface area (Å²) in [4.78, 5) is 9.26. The van der Waals surface area contributed by atoms with Crippen LogP contribution in [-0.2, 0) is 6.54 Å². The van der Waals surface area contributed by atoms with Gasteiger partial charge in [-0.3, -0.25) is 4.90 Å². The third-order valence-electron chi connectivity index (χ3n) is 3.40. The van der Waals surface area contributed by atoms with Gasteiger partial charge in [-0.25, -0.2) is 4.98 Å². The van der Waals surface area contributed by atoms with Crippen molar-refractivity contribution in [2.45, 2.75) is 19.9 Å². The molecule has 0 saturated carbocycles. The highest BCUT2D eigenvalue weighted by Crippen LogP contribution is 2.11. The molecular weight excluding hydrogens is 224 g/mol. The Morgan fingerprint density at radius 3 is 3.00 bits per heavy atom. The highest BCUT2D eigenvalue weighted by Gasteiger charge is 2.12. The Kier molecular flexibility index (Phi) is 4.96. The van der Waals surface area contributed by atoms with Gasteiger partial charge in [-0.15, -0.1) is 0 Å². The number of likely N-dealkylation sites (N-methyl/N-ethyl adjacent to an activating group) is 1. The second kappa shape index (κ2) is 6.71. The zero-order valence-corrected chi connectivity index (χ0v) is 11.5. The van der Waals surface area contributed by atoms with Gasteiger partial charge >= 0.3 is 0 Å². The summed E-state index contributed by atoms with van der Waals surface area (Å²) >= 11 is 0. The van der Waals surface area contributed by atoms with Crippen LogP contribution in [0.5, 0.6) is 0 Å². The lowest BCUT2D eigenvalue weighted by atomic mass is 10.2. The summed E-state index contributed by atoms with van der Waals surface area (Å²) in [6.45, 7) is 8.80. The van der Waals surface area contributed by atoms with Crippen LogP contribution in [0.2, 0.25) is 0 Å². The van der Waals surface area contributed by atoms with Crippen molar-refractivity contribution in [2.75, 3.05) is 45.1 Å². The number of nitrogens with one attached hydrogen (secondary N) is 1. The van der Waals surface area contributed by atoms with E-state index in [0.717, 1.165) is 25.5 Å². The van der Waals surface area contributed by atoms with E-state index < -0.39 is 0 Å². The molecule has 18 heavy (non-hydrogen) atoms. The second-order valence-electron chi connectivity index (χ2n) is 5.01. The zero-order chi connectivity index (χ0) is 12.8. The number of aromatic nitrogens is 1. The molecule has 0 amide bonds. The van der Waals surface area contributed by atoms with E-state index in [0.29, 0.717) is 0 Å². The third kappa shape index (κ3) is 3.96. The number of anilines is 1. The predicted octanol–water partition coefficient (Wildman–Crippen LogP) is 1.65. The smallest absolute Gasteiger partial charge is 0.126 e. The zero-order valence-electron chi connectivity index (χ0n) is 11.5. The minimum atomic E-state index is 0.922. The fraction of sp³-hybridized carbons (Fsp3) is 0.643. The van der Waals surface area contributed by atoms with Crippen molar-refractivity contribution in [1.82, 2.24) is 14.8 Å². The number of hydrogen-bond acceptors (Lipinski definition) is 4. The van der Waals surface area contributed by atoms with Crippen molar-refractivity contribution in [2.24, 2.45) is 0 Å². The first-order valence-electron chi connectivity index (χ1n) is 6.87. The number of nitrogens with zero attached hydrogens (tertiary/aromatic N) is 3. The topological polar surface area (TPSA) is 31.4 Å². The molecule has 0 bridgehead atoms. The fourth-order valence-corrected chi connectivity index (χ4v) is 2.37. The first kappa shape index (κ1) is 13.3. The summed E-state index contributed by atoms with van der Waals surface area (Å²) < 4.78 is 0. The largest absolute Gasteiger partial charge is 0.370 e. The fourth-order valence-electron chi connectivity index (χ4n) is 2.37. The van der Waals surface area contributed by atoms with Gasteiger partial charge in [-0.2, -0.15) is 0 Å². The first-order valence-corrected chi connectivity index (χ1v) is 6.87. The number of hydrogen-bond donors (Lipinski definition) is 1. The van der Waals surface area contributed by atoms with Crippen LogP contribution in [0, 0.1) is 0 Å². The highest BCUT2D eigenvalue weighted by atomic mass is 15.2. The summed E-state index contributed by atoms with van der Waals surface area (Å²) in [5.41, 5.74) is 1.35. The molecule has 4 heteroatoms. The Hall–Kier alpha value is -1.13. The van der Waals surface area contributed by atoms with E-state index in [1.54, 1.807) is 0 Å². The lowest BCUT2D eigenvalue weighted by Crippen LogP contribution is -2.28. The Morgan fingerprint density at radius 1 is 1.28 bits per heavy atom. The van der Waals surface area contributed by atoms with E-state index in [1.807, 2.05) is 6.20 Å². The third-order valence-corrected chi connectivity index (χ3v) is 3.40. The summed E-state index contributed by atoms with van der Waals surface area (Å²) in [6, 6.07) is 4.29. The maximum atomic E-state index is 4.31. The highest BCUT2D eigenvalue weighted by molar-refractivity contribution is 5.37. The van der Waals surface area contributed by atoms with Gasteiger partial charge in [-0.1, -0.05) is 0 Å². The standard InChI is InChI=1S/C14H24N4/c1-3-15-14-11-13(5-6-16-14)12-18-8-4-7-17(2)9-10-18/h5-6,11H,3-4,7-10,12H2,1-2H3,(H,15,16). The molecular formula is C14H24N4. The van der Waals surface area contributed by atoms with Gasteiger partial charge in [0.05, 0.1) is 0 Å². The van der Waals surface area contributed by atoms with Crippen LogP contribution in [0.25, 0.3) is 0 Å². The minimum absolute atomic E-state index is 0.922. The van der Waals surface area contributed by atoms with Crippen LogP contribution in [0.4, 0.5) is 5.82 Å². The average Bonchev–Trinajstić information content (AvgIpc) is 2.56. The second-order valence-corrected chi connectivity index (χ2v) is 5.01. The summed E-state index contributed by atoms with van der Waals surface area (Å²) in [5, 5.41) is 3.27. The van der Waals surface area contributed by atoms with E-state index in [-0.39, 0.29) is 0 Å². The molecule has 1 aliphatic heterocycles. The predicted molar refractivity (Wildman–Crippen MR) is 75.8 cm³/mol. The molecule has 0 aromatic carbocycles. The van der Waals surface area contributed by atoms with Crippen molar-refractivity contribution in [1.29, 1.82) is 0 Å². The molecule has 100 valence electrons. The van der Waals surface area contributed by atoms with Gasteiger partial charge in [0.2, 0.25) is 0 Å². The monoisotopic (exact) mass is 248 g/mol. The Bertz CT molecular complexity index is 367. The van der Waals surface area contributed by atoms with E-state index in [9.17, 15) is 0 Å². The lowest BCUT2D eigenvalue weighted by molar-refractivity contribution is 0.269. The van der Waals surface area contributed by atoms with Crippen LogP contribution in [-0.4, -0.2) is 54.6 Å². The maximum Gasteiger partial charge on any atom is 0.126 e. The quantitative estimate of drug-likeness (QED) is 0.878. The van der Waals surface area contributed by atoms with E-state index >= 15 is 0 Å². The average molecular weight is 248 g/mol. The normalized spacial score (nSPS) is 18.6. The van der Waals surface area contributed by atoms with Crippen molar-refractivity contribution >= 4 is 5.82 Å². The summed E-state index contributed by atoms with van der Waals surface area (Å²) in [7, 11) is 2.21. The molecule has 0 atom stereocenters. The van der Waals surface area contributed by atoms with E-state index in [2.05, 4.69) is 46.2 Å². The van der Waals surface area contributed by atoms with Gasteiger partial charge in [0.25, 0.3) is 0 Å². The van der Waals surface area contributed by atoms with Crippen LogP contribution >= 0.6 is 0 Å². The molecule has 2 rings (SSSR count). The van der Waals surface area contributed by atoms with Crippen molar-refractivity contribution in [3.8, 4) is 0 Å². The number of rotatable bonds is 4. The first-order chi connectivity index (χ1) is 8.78.